The summed E-state index contributed by atoms with van der Waals surface area (Å²) in [7, 11) is -3.77. The SMILES string of the molecule is CCCCCCCCCCCSCCCCCCCC(c1ccccc1)C(O)CP(=O)(O)OCCC. The Morgan fingerprint density at radius 1 is 0.778 bits per heavy atom. The van der Waals surface area contributed by atoms with Gasteiger partial charge >= 0.3 is 7.60 Å². The molecule has 0 aliphatic rings. The Morgan fingerprint density at radius 3 is 1.86 bits per heavy atom. The van der Waals surface area contributed by atoms with Crippen molar-refractivity contribution in [2.24, 2.45) is 0 Å². The van der Waals surface area contributed by atoms with E-state index in [0.717, 1.165) is 24.8 Å². The predicted octanol–water partition coefficient (Wildman–Crippen LogP) is 9.35. The van der Waals surface area contributed by atoms with Crippen molar-refractivity contribution in [2.75, 3.05) is 24.3 Å². The van der Waals surface area contributed by atoms with Crippen molar-refractivity contribution < 1.29 is 19.1 Å². The van der Waals surface area contributed by atoms with E-state index in [0.29, 0.717) is 6.42 Å². The first-order valence-electron chi connectivity index (χ1n) is 14.8. The lowest BCUT2D eigenvalue weighted by molar-refractivity contribution is 0.146. The summed E-state index contributed by atoms with van der Waals surface area (Å²) in [6.45, 7) is 4.42. The van der Waals surface area contributed by atoms with E-state index in [9.17, 15) is 14.6 Å². The van der Waals surface area contributed by atoms with Crippen LogP contribution in [0.2, 0.25) is 0 Å². The molecular weight excluding hydrogens is 487 g/mol. The van der Waals surface area contributed by atoms with Gasteiger partial charge in [0.2, 0.25) is 0 Å². The van der Waals surface area contributed by atoms with E-state index in [2.05, 4.69) is 18.7 Å². The first kappa shape index (κ1) is 33.7. The molecule has 210 valence electrons. The molecule has 0 amide bonds. The van der Waals surface area contributed by atoms with E-state index in [4.69, 9.17) is 4.52 Å². The molecule has 0 aliphatic carbocycles. The molecule has 3 unspecified atom stereocenters. The van der Waals surface area contributed by atoms with Crippen LogP contribution in [0.4, 0.5) is 0 Å². The number of hydrogen-bond donors (Lipinski definition) is 2. The zero-order chi connectivity index (χ0) is 26.3. The number of rotatable bonds is 25. The molecule has 0 aliphatic heterocycles. The first-order valence-corrected chi connectivity index (χ1v) is 17.7. The van der Waals surface area contributed by atoms with Gasteiger partial charge in [0, 0.05) is 5.92 Å². The van der Waals surface area contributed by atoms with Gasteiger partial charge in [-0.2, -0.15) is 11.8 Å². The summed E-state index contributed by atoms with van der Waals surface area (Å²) in [5, 5.41) is 10.8. The minimum Gasteiger partial charge on any atom is -0.392 e. The van der Waals surface area contributed by atoms with Gasteiger partial charge in [-0.25, -0.2) is 0 Å². The second-order valence-corrected chi connectivity index (χ2v) is 13.4. The van der Waals surface area contributed by atoms with Crippen LogP contribution in [-0.4, -0.2) is 40.4 Å². The Morgan fingerprint density at radius 2 is 1.31 bits per heavy atom. The lowest BCUT2D eigenvalue weighted by atomic mass is 9.89. The molecule has 3 atom stereocenters. The molecule has 0 heterocycles. The zero-order valence-electron chi connectivity index (χ0n) is 23.2. The fourth-order valence-corrected chi connectivity index (χ4v) is 6.97. The summed E-state index contributed by atoms with van der Waals surface area (Å²) in [4.78, 5) is 10.1. The molecule has 0 bridgehead atoms. The predicted molar refractivity (Wildman–Crippen MR) is 158 cm³/mol. The van der Waals surface area contributed by atoms with Crippen molar-refractivity contribution in [2.45, 2.75) is 129 Å². The number of benzene rings is 1. The molecule has 2 N–H and O–H groups in total. The molecule has 0 aromatic heterocycles. The van der Waals surface area contributed by atoms with Crippen LogP contribution < -0.4 is 0 Å². The maximum atomic E-state index is 12.3. The molecule has 0 spiro atoms. The highest BCUT2D eigenvalue weighted by molar-refractivity contribution is 7.99. The molecule has 1 rings (SSSR count). The third-order valence-corrected chi connectivity index (χ3v) is 9.38. The Balaban J connectivity index is 2.14. The molecule has 6 heteroatoms. The molecule has 0 fully saturated rings. The molecule has 1 aromatic carbocycles. The van der Waals surface area contributed by atoms with Crippen LogP contribution >= 0.6 is 19.4 Å². The number of aliphatic hydroxyl groups excluding tert-OH is 1. The largest absolute Gasteiger partial charge is 0.392 e. The normalized spacial score (nSPS) is 15.0. The molecule has 0 radical (unpaired) electrons. The van der Waals surface area contributed by atoms with E-state index in [1.54, 1.807) is 0 Å². The van der Waals surface area contributed by atoms with Crippen LogP contribution in [0.15, 0.2) is 30.3 Å². The van der Waals surface area contributed by atoms with Crippen molar-refractivity contribution >= 4 is 19.4 Å². The first-order chi connectivity index (χ1) is 17.5. The highest BCUT2D eigenvalue weighted by Gasteiger charge is 2.30. The molecular formula is C30H55O4PS. The Labute approximate surface area is 226 Å². The Hall–Kier alpha value is -0.320. The summed E-state index contributed by atoms with van der Waals surface area (Å²) in [6.07, 6.45) is 19.0. The average Bonchev–Trinajstić information content (AvgIpc) is 2.87. The van der Waals surface area contributed by atoms with Gasteiger partial charge in [-0.05, 0) is 42.8 Å². The topological polar surface area (TPSA) is 66.8 Å². The van der Waals surface area contributed by atoms with Crippen LogP contribution in [0.3, 0.4) is 0 Å². The Kier molecular flexibility index (Phi) is 21.2. The fourth-order valence-electron chi connectivity index (χ4n) is 4.65. The second kappa shape index (κ2) is 22.6. The molecule has 36 heavy (non-hydrogen) atoms. The molecule has 0 saturated carbocycles. The summed E-state index contributed by atoms with van der Waals surface area (Å²) in [6, 6.07) is 9.91. The Bertz CT molecular complexity index is 658. The van der Waals surface area contributed by atoms with Crippen LogP contribution in [0.25, 0.3) is 0 Å². The van der Waals surface area contributed by atoms with E-state index >= 15 is 0 Å². The van der Waals surface area contributed by atoms with Gasteiger partial charge in [0.15, 0.2) is 0 Å². The maximum Gasteiger partial charge on any atom is 0.330 e. The van der Waals surface area contributed by atoms with Gasteiger partial charge < -0.3 is 14.5 Å². The minimum absolute atomic E-state index is 0.135. The van der Waals surface area contributed by atoms with Gasteiger partial charge in [0.1, 0.15) is 0 Å². The number of unbranched alkanes of at least 4 members (excludes halogenated alkanes) is 12. The lowest BCUT2D eigenvalue weighted by Crippen LogP contribution is -2.23. The summed E-state index contributed by atoms with van der Waals surface area (Å²) < 4.78 is 17.4. The zero-order valence-corrected chi connectivity index (χ0v) is 25.0. The highest BCUT2D eigenvalue weighted by atomic mass is 32.2. The second-order valence-electron chi connectivity index (χ2n) is 10.2. The summed E-state index contributed by atoms with van der Waals surface area (Å²) in [5.41, 5.74) is 1.04. The van der Waals surface area contributed by atoms with E-state index in [-0.39, 0.29) is 18.7 Å². The van der Waals surface area contributed by atoms with E-state index in [1.165, 1.54) is 88.6 Å². The monoisotopic (exact) mass is 542 g/mol. The van der Waals surface area contributed by atoms with Gasteiger partial charge in [0.05, 0.1) is 18.9 Å². The molecule has 0 saturated heterocycles. The third kappa shape index (κ3) is 18.0. The standard InChI is InChI=1S/C30H55O4PS/c1-3-5-6-7-8-9-10-13-19-25-36-26-20-14-11-12-18-23-29(28-21-16-15-17-22-28)30(31)27-35(32,33)34-24-4-2/h15-17,21-22,29-31H,3-14,18-20,23-27H2,1-2H3,(H,32,33). The van der Waals surface area contributed by atoms with Crippen LogP contribution in [-0.2, 0) is 9.09 Å². The van der Waals surface area contributed by atoms with E-state index < -0.39 is 13.7 Å². The number of aliphatic hydroxyl groups is 1. The average molecular weight is 543 g/mol. The van der Waals surface area contributed by atoms with E-state index in [1.807, 2.05) is 37.3 Å². The van der Waals surface area contributed by atoms with Gasteiger partial charge in [0.25, 0.3) is 0 Å². The van der Waals surface area contributed by atoms with Gasteiger partial charge in [-0.3, -0.25) is 4.57 Å². The number of hydrogen-bond acceptors (Lipinski definition) is 4. The minimum atomic E-state index is -3.77. The summed E-state index contributed by atoms with van der Waals surface area (Å²) in [5.74, 6) is 2.44. The third-order valence-electron chi connectivity index (χ3n) is 6.80. The summed E-state index contributed by atoms with van der Waals surface area (Å²) >= 11 is 2.11. The number of thioether (sulfide) groups is 1. The quantitative estimate of drug-likeness (QED) is 0.0951. The van der Waals surface area contributed by atoms with Crippen molar-refractivity contribution in [1.29, 1.82) is 0 Å². The molecule has 4 nitrogen and oxygen atoms in total. The van der Waals surface area contributed by atoms with Crippen LogP contribution in [0.1, 0.15) is 128 Å². The van der Waals surface area contributed by atoms with Crippen molar-refractivity contribution in [3.8, 4) is 0 Å². The smallest absolute Gasteiger partial charge is 0.330 e. The van der Waals surface area contributed by atoms with Crippen LogP contribution in [0.5, 0.6) is 0 Å². The van der Waals surface area contributed by atoms with Crippen molar-refractivity contribution in [3.05, 3.63) is 35.9 Å². The fraction of sp³-hybridized carbons (Fsp3) is 0.800. The van der Waals surface area contributed by atoms with Crippen molar-refractivity contribution in [1.82, 2.24) is 0 Å². The van der Waals surface area contributed by atoms with Crippen molar-refractivity contribution in [3.63, 3.8) is 0 Å². The lowest BCUT2D eigenvalue weighted by Gasteiger charge is -2.25. The van der Waals surface area contributed by atoms with Gasteiger partial charge in [-0.1, -0.05) is 121 Å². The molecule has 1 aromatic rings. The van der Waals surface area contributed by atoms with Crippen LogP contribution in [0, 0.1) is 0 Å². The maximum absolute atomic E-state index is 12.3. The highest BCUT2D eigenvalue weighted by Crippen LogP contribution is 2.45. The van der Waals surface area contributed by atoms with Gasteiger partial charge in [-0.15, -0.1) is 0 Å².